The summed E-state index contributed by atoms with van der Waals surface area (Å²) in [6, 6.07) is 5.82. The van der Waals surface area contributed by atoms with Crippen LogP contribution in [-0.4, -0.2) is 71.7 Å². The van der Waals surface area contributed by atoms with Crippen LogP contribution >= 0.6 is 0 Å². The van der Waals surface area contributed by atoms with Gasteiger partial charge in [-0.15, -0.1) is 0 Å². The van der Waals surface area contributed by atoms with Crippen molar-refractivity contribution >= 4 is 11.9 Å². The van der Waals surface area contributed by atoms with Gasteiger partial charge in [-0.2, -0.15) is 0 Å². The minimum atomic E-state index is -0.818. The zero-order valence-electron chi connectivity index (χ0n) is 18.8. The predicted octanol–water partition coefficient (Wildman–Crippen LogP) is 1.50. The number of benzene rings is 1. The molecule has 4 N–H and O–H groups in total. The lowest BCUT2D eigenvalue weighted by Crippen LogP contribution is -2.42. The third-order valence-electron chi connectivity index (χ3n) is 3.91. The minimum Gasteiger partial charge on any atom is -0.459 e. The molecule has 30 heavy (non-hydrogen) atoms. The number of hydrogen-bond donors (Lipinski definition) is 4. The highest BCUT2D eigenvalue weighted by atomic mass is 16.5. The Bertz CT molecular complexity index is 617. The van der Waals surface area contributed by atoms with Gasteiger partial charge in [0.1, 0.15) is 25.4 Å². The Morgan fingerprint density at radius 3 is 1.33 bits per heavy atom. The number of hydrogen-bond acceptors (Lipinski definition) is 8. The Hall–Kier alpha value is -2.00. The van der Waals surface area contributed by atoms with Crippen molar-refractivity contribution in [2.75, 3.05) is 26.3 Å². The maximum absolute atomic E-state index is 12.1. The van der Waals surface area contributed by atoms with E-state index in [2.05, 4.69) is 10.6 Å². The van der Waals surface area contributed by atoms with E-state index in [0.717, 1.165) is 0 Å². The van der Waals surface area contributed by atoms with Crippen molar-refractivity contribution in [3.8, 4) is 0 Å². The molecule has 0 spiro atoms. The summed E-state index contributed by atoms with van der Waals surface area (Å²) in [5.41, 5.74) is 0.234. The van der Waals surface area contributed by atoms with Crippen molar-refractivity contribution in [2.24, 2.45) is 0 Å². The zero-order chi connectivity index (χ0) is 22.9. The van der Waals surface area contributed by atoms with Gasteiger partial charge in [-0.1, -0.05) is 0 Å². The van der Waals surface area contributed by atoms with Crippen molar-refractivity contribution in [2.45, 2.75) is 64.8 Å². The largest absolute Gasteiger partial charge is 0.459 e. The number of β-amino-alcohol motifs (C(OH)–C–C–N with tert-alkyl or cyclic N) is 2. The van der Waals surface area contributed by atoms with E-state index in [9.17, 15) is 19.8 Å². The summed E-state index contributed by atoms with van der Waals surface area (Å²) < 4.78 is 10.2. The third-order valence-corrected chi connectivity index (χ3v) is 3.91. The van der Waals surface area contributed by atoms with Crippen LogP contribution in [0.15, 0.2) is 24.3 Å². The number of carbonyl (C=O) groups excluding carboxylic acids is 2. The maximum Gasteiger partial charge on any atom is 0.338 e. The second-order valence-corrected chi connectivity index (χ2v) is 9.34. The van der Waals surface area contributed by atoms with Crippen LogP contribution in [0.4, 0.5) is 0 Å². The summed E-state index contributed by atoms with van der Waals surface area (Å²) in [7, 11) is 0. The quantitative estimate of drug-likeness (QED) is 0.418. The van der Waals surface area contributed by atoms with Gasteiger partial charge in [0.05, 0.1) is 11.1 Å². The average molecular weight is 425 g/mol. The molecule has 0 aliphatic rings. The van der Waals surface area contributed by atoms with Crippen LogP contribution in [0.1, 0.15) is 62.3 Å². The molecule has 0 aliphatic carbocycles. The second-order valence-electron chi connectivity index (χ2n) is 9.34. The van der Waals surface area contributed by atoms with Crippen LogP contribution in [0.25, 0.3) is 0 Å². The van der Waals surface area contributed by atoms with Crippen LogP contribution in [0.3, 0.4) is 0 Å². The summed E-state index contributed by atoms with van der Waals surface area (Å²) in [5.74, 6) is -1.18. The van der Waals surface area contributed by atoms with E-state index in [1.54, 1.807) is 0 Å². The van der Waals surface area contributed by atoms with Crippen molar-refractivity contribution in [3.05, 3.63) is 35.4 Å². The standard InChI is InChI=1S/C22H36N2O6/c1-21(2,3)23-11-17(25)13-29-19(27)15-7-9-16(10-8-15)20(28)30-14-18(26)12-24-22(4,5)6/h7-10,17-18,23-26H,11-14H2,1-6H3/t17-,18-/m0/s1. The summed E-state index contributed by atoms with van der Waals surface area (Å²) in [4.78, 5) is 24.2. The van der Waals surface area contributed by atoms with Gasteiger partial charge in [-0.05, 0) is 65.8 Å². The number of rotatable bonds is 10. The summed E-state index contributed by atoms with van der Waals surface area (Å²) in [6.45, 7) is 12.2. The number of aliphatic hydroxyl groups is 2. The van der Waals surface area contributed by atoms with E-state index < -0.39 is 24.1 Å². The molecule has 2 atom stereocenters. The molecule has 1 rings (SSSR count). The van der Waals surface area contributed by atoms with Gasteiger partial charge in [0.2, 0.25) is 0 Å². The number of nitrogens with one attached hydrogen (secondary N) is 2. The van der Waals surface area contributed by atoms with Crippen LogP contribution in [0.2, 0.25) is 0 Å². The molecule has 170 valence electrons. The van der Waals surface area contributed by atoms with Crippen LogP contribution in [-0.2, 0) is 9.47 Å². The molecule has 0 unspecified atom stereocenters. The number of esters is 2. The molecule has 0 amide bonds. The Morgan fingerprint density at radius 2 is 1.07 bits per heavy atom. The van der Waals surface area contributed by atoms with Crippen LogP contribution in [0.5, 0.6) is 0 Å². The Morgan fingerprint density at radius 1 is 0.767 bits per heavy atom. The monoisotopic (exact) mass is 424 g/mol. The van der Waals surface area contributed by atoms with Crippen molar-refractivity contribution < 1.29 is 29.3 Å². The summed E-state index contributed by atoms with van der Waals surface area (Å²) >= 11 is 0. The molecule has 1 aromatic rings. The van der Waals surface area contributed by atoms with Gasteiger partial charge in [-0.25, -0.2) is 9.59 Å². The van der Waals surface area contributed by atoms with Crippen LogP contribution < -0.4 is 10.6 Å². The fourth-order valence-electron chi connectivity index (χ4n) is 2.22. The van der Waals surface area contributed by atoms with E-state index in [1.807, 2.05) is 41.5 Å². The van der Waals surface area contributed by atoms with Crippen molar-refractivity contribution in [1.82, 2.24) is 10.6 Å². The fraction of sp³-hybridized carbons (Fsp3) is 0.636. The topological polar surface area (TPSA) is 117 Å². The van der Waals surface area contributed by atoms with Crippen molar-refractivity contribution in [1.29, 1.82) is 0 Å². The molecule has 8 nitrogen and oxygen atoms in total. The van der Waals surface area contributed by atoms with Gasteiger partial charge >= 0.3 is 11.9 Å². The first-order chi connectivity index (χ1) is 13.8. The highest BCUT2D eigenvalue weighted by Gasteiger charge is 2.17. The van der Waals surface area contributed by atoms with Crippen molar-refractivity contribution in [3.63, 3.8) is 0 Å². The molecular weight excluding hydrogens is 388 g/mol. The molecule has 0 radical (unpaired) electrons. The van der Waals surface area contributed by atoms with Gasteiger partial charge in [-0.3, -0.25) is 0 Å². The Kier molecular flexibility index (Phi) is 9.90. The van der Waals surface area contributed by atoms with Crippen LogP contribution in [0, 0.1) is 0 Å². The fourth-order valence-corrected chi connectivity index (χ4v) is 2.22. The molecule has 0 fully saturated rings. The lowest BCUT2D eigenvalue weighted by Gasteiger charge is -2.22. The predicted molar refractivity (Wildman–Crippen MR) is 115 cm³/mol. The van der Waals surface area contributed by atoms with Gasteiger partial charge in [0.25, 0.3) is 0 Å². The molecule has 0 aromatic heterocycles. The van der Waals surface area contributed by atoms with Gasteiger partial charge in [0.15, 0.2) is 0 Å². The van der Waals surface area contributed by atoms with E-state index in [0.29, 0.717) is 13.1 Å². The number of aliphatic hydroxyl groups excluding tert-OH is 2. The SMILES string of the molecule is CC(C)(C)NC[C@H](O)COC(=O)c1ccc(C(=O)OC[C@@H](O)CNC(C)(C)C)cc1. The van der Waals surface area contributed by atoms with E-state index in [-0.39, 0.29) is 35.4 Å². The molecule has 0 saturated carbocycles. The van der Waals surface area contributed by atoms with Gasteiger partial charge < -0.3 is 30.3 Å². The van der Waals surface area contributed by atoms with E-state index >= 15 is 0 Å². The molecule has 1 aromatic carbocycles. The Labute approximate surface area is 179 Å². The lowest BCUT2D eigenvalue weighted by atomic mass is 10.1. The van der Waals surface area contributed by atoms with E-state index in [1.165, 1.54) is 24.3 Å². The minimum absolute atomic E-state index is 0.133. The summed E-state index contributed by atoms with van der Waals surface area (Å²) in [6.07, 6.45) is -1.64. The third kappa shape index (κ3) is 11.3. The smallest absolute Gasteiger partial charge is 0.338 e. The number of carbonyl (C=O) groups is 2. The normalized spacial score (nSPS) is 14.1. The zero-order valence-corrected chi connectivity index (χ0v) is 18.8. The maximum atomic E-state index is 12.1. The van der Waals surface area contributed by atoms with E-state index in [4.69, 9.17) is 9.47 Å². The highest BCUT2D eigenvalue weighted by molar-refractivity contribution is 5.93. The molecular formula is C22H36N2O6. The second kappa shape index (κ2) is 11.4. The molecule has 0 heterocycles. The first-order valence-corrected chi connectivity index (χ1v) is 10.1. The molecule has 0 saturated heterocycles. The first kappa shape index (κ1) is 26.0. The first-order valence-electron chi connectivity index (χ1n) is 10.1. The average Bonchev–Trinajstić information content (AvgIpc) is 2.66. The highest BCUT2D eigenvalue weighted by Crippen LogP contribution is 2.09. The van der Waals surface area contributed by atoms with Gasteiger partial charge in [0, 0.05) is 24.2 Å². The number of ether oxygens (including phenoxy) is 2. The molecule has 8 heteroatoms. The molecule has 0 bridgehead atoms. The lowest BCUT2D eigenvalue weighted by molar-refractivity contribution is 0.0239. The summed E-state index contributed by atoms with van der Waals surface area (Å²) in [5, 5.41) is 26.0. The Balaban J connectivity index is 2.44. The molecule has 0 aliphatic heterocycles.